The van der Waals surface area contributed by atoms with E-state index in [1.54, 1.807) is 6.08 Å². The molecule has 0 aromatic heterocycles. The van der Waals surface area contributed by atoms with Crippen LogP contribution in [0.3, 0.4) is 0 Å². The molecule has 4 aliphatic rings. The zero-order chi connectivity index (χ0) is 20.3. The van der Waals surface area contributed by atoms with Gasteiger partial charge in [0.25, 0.3) is 0 Å². The Morgan fingerprint density at radius 2 is 1.71 bits per heavy atom. The van der Waals surface area contributed by atoms with Gasteiger partial charge in [0, 0.05) is 25.7 Å². The van der Waals surface area contributed by atoms with Gasteiger partial charge in [-0.1, -0.05) is 19.4 Å². The summed E-state index contributed by atoms with van der Waals surface area (Å²) in [4.78, 5) is 35.5. The van der Waals surface area contributed by atoms with Gasteiger partial charge in [-0.15, -0.1) is 0 Å². The number of esters is 2. The highest BCUT2D eigenvalue weighted by molar-refractivity contribution is 5.96. The molecule has 4 rings (SSSR count). The number of carbonyl (C=O) groups is 3. The summed E-state index contributed by atoms with van der Waals surface area (Å²) in [5.74, 6) is 1.00. The zero-order valence-corrected chi connectivity index (χ0v) is 17.5. The van der Waals surface area contributed by atoms with Crippen molar-refractivity contribution in [2.24, 2.45) is 28.6 Å². The standard InChI is InChI=1S/C23H32O5/c1-13(24)27-20-12-23(4)15(11-19(20)26)5-6-16-17-7-8-21(28-14(2)25)22(17,3)10-9-18(16)23/h11,16-18,20-21H,5-10,12H2,1-4H3/t16-,17-,18-,20+,21-,22-,23-/m0/s1. The largest absolute Gasteiger partial charge is 0.462 e. The molecule has 154 valence electrons. The van der Waals surface area contributed by atoms with Crippen molar-refractivity contribution >= 4 is 17.7 Å². The molecule has 0 aromatic carbocycles. The van der Waals surface area contributed by atoms with Gasteiger partial charge in [0.05, 0.1) is 0 Å². The van der Waals surface area contributed by atoms with Gasteiger partial charge in [-0.3, -0.25) is 14.4 Å². The van der Waals surface area contributed by atoms with E-state index in [1.807, 2.05) is 0 Å². The molecule has 28 heavy (non-hydrogen) atoms. The van der Waals surface area contributed by atoms with Crippen LogP contribution >= 0.6 is 0 Å². The third-order valence-corrected chi connectivity index (χ3v) is 8.51. The van der Waals surface area contributed by atoms with E-state index >= 15 is 0 Å². The van der Waals surface area contributed by atoms with Gasteiger partial charge in [0.1, 0.15) is 6.10 Å². The highest BCUT2D eigenvalue weighted by Gasteiger charge is 2.60. The fraction of sp³-hybridized carbons (Fsp3) is 0.783. The van der Waals surface area contributed by atoms with Gasteiger partial charge in [-0.25, -0.2) is 0 Å². The van der Waals surface area contributed by atoms with Crippen LogP contribution in [-0.2, 0) is 23.9 Å². The molecular weight excluding hydrogens is 356 g/mol. The molecule has 3 fully saturated rings. The van der Waals surface area contributed by atoms with E-state index in [-0.39, 0.29) is 34.7 Å². The van der Waals surface area contributed by atoms with Crippen LogP contribution in [0.1, 0.15) is 72.6 Å². The zero-order valence-electron chi connectivity index (χ0n) is 17.5. The summed E-state index contributed by atoms with van der Waals surface area (Å²) in [5, 5.41) is 0. The molecule has 3 saturated carbocycles. The lowest BCUT2D eigenvalue weighted by molar-refractivity contribution is -0.160. The number of hydrogen-bond acceptors (Lipinski definition) is 5. The first-order valence-electron chi connectivity index (χ1n) is 10.7. The molecule has 0 bridgehead atoms. The van der Waals surface area contributed by atoms with Crippen molar-refractivity contribution in [2.45, 2.75) is 84.8 Å². The number of allylic oxidation sites excluding steroid dienone is 1. The van der Waals surface area contributed by atoms with E-state index in [4.69, 9.17) is 9.47 Å². The second kappa shape index (κ2) is 6.70. The maximum Gasteiger partial charge on any atom is 0.303 e. The molecule has 0 N–H and O–H groups in total. The Morgan fingerprint density at radius 1 is 1.00 bits per heavy atom. The van der Waals surface area contributed by atoms with Crippen LogP contribution in [0, 0.1) is 28.6 Å². The molecule has 0 saturated heterocycles. The number of carbonyl (C=O) groups excluding carboxylic acids is 3. The molecule has 0 spiro atoms. The topological polar surface area (TPSA) is 69.7 Å². The Balaban J connectivity index is 1.61. The number of ketones is 1. The highest BCUT2D eigenvalue weighted by Crippen LogP contribution is 2.65. The lowest BCUT2D eigenvalue weighted by atomic mass is 9.47. The summed E-state index contributed by atoms with van der Waals surface area (Å²) < 4.78 is 11.1. The molecule has 4 aliphatic carbocycles. The van der Waals surface area contributed by atoms with E-state index < -0.39 is 6.10 Å². The number of hydrogen-bond donors (Lipinski definition) is 0. The average molecular weight is 389 g/mol. The van der Waals surface area contributed by atoms with Crippen molar-refractivity contribution in [3.8, 4) is 0 Å². The molecular formula is C23H32O5. The fourth-order valence-electron chi connectivity index (χ4n) is 7.24. The van der Waals surface area contributed by atoms with Gasteiger partial charge in [-0.2, -0.15) is 0 Å². The first-order valence-corrected chi connectivity index (χ1v) is 10.7. The lowest BCUT2D eigenvalue weighted by Crippen LogP contribution is -2.53. The monoisotopic (exact) mass is 388 g/mol. The minimum Gasteiger partial charge on any atom is -0.462 e. The predicted octanol–water partition coefficient (Wildman–Crippen LogP) is 3.99. The first kappa shape index (κ1) is 19.7. The van der Waals surface area contributed by atoms with Gasteiger partial charge >= 0.3 is 11.9 Å². The fourth-order valence-corrected chi connectivity index (χ4v) is 7.24. The summed E-state index contributed by atoms with van der Waals surface area (Å²) in [5.41, 5.74) is 1.22. The minimum atomic E-state index is -0.643. The Morgan fingerprint density at radius 3 is 2.39 bits per heavy atom. The third kappa shape index (κ3) is 2.93. The highest BCUT2D eigenvalue weighted by atomic mass is 16.5. The maximum atomic E-state index is 12.5. The second-order valence-corrected chi connectivity index (χ2v) is 9.93. The predicted molar refractivity (Wildman–Crippen MR) is 103 cm³/mol. The van der Waals surface area contributed by atoms with Crippen LogP contribution in [0.2, 0.25) is 0 Å². The SMILES string of the molecule is CC(=O)O[C@H]1CC[C@H]2[C@@H]3CCC4=CC(=O)[C@H](OC(C)=O)C[C@]4(C)[C@H]3CC[C@]12C. The van der Waals surface area contributed by atoms with Crippen molar-refractivity contribution in [3.63, 3.8) is 0 Å². The van der Waals surface area contributed by atoms with Crippen molar-refractivity contribution in [2.75, 3.05) is 0 Å². The van der Waals surface area contributed by atoms with Gasteiger partial charge < -0.3 is 9.47 Å². The number of fused-ring (bicyclic) bond motifs is 5. The molecule has 7 atom stereocenters. The number of rotatable bonds is 2. The van der Waals surface area contributed by atoms with Crippen LogP contribution in [0.4, 0.5) is 0 Å². The smallest absolute Gasteiger partial charge is 0.303 e. The Labute approximate surface area is 167 Å². The van der Waals surface area contributed by atoms with Crippen molar-refractivity contribution in [3.05, 3.63) is 11.6 Å². The first-order chi connectivity index (χ1) is 13.1. The lowest BCUT2D eigenvalue weighted by Gasteiger charge is -2.58. The van der Waals surface area contributed by atoms with Crippen molar-refractivity contribution in [1.82, 2.24) is 0 Å². The Kier molecular flexibility index (Phi) is 4.71. The third-order valence-electron chi connectivity index (χ3n) is 8.51. The van der Waals surface area contributed by atoms with Crippen LogP contribution in [0.15, 0.2) is 11.6 Å². The van der Waals surface area contributed by atoms with Gasteiger partial charge in [-0.05, 0) is 67.8 Å². The van der Waals surface area contributed by atoms with Crippen molar-refractivity contribution < 1.29 is 23.9 Å². The van der Waals surface area contributed by atoms with Crippen LogP contribution in [-0.4, -0.2) is 29.9 Å². The van der Waals surface area contributed by atoms with Crippen molar-refractivity contribution in [1.29, 1.82) is 0 Å². The van der Waals surface area contributed by atoms with Crippen LogP contribution < -0.4 is 0 Å². The Hall–Kier alpha value is -1.65. The molecule has 0 unspecified atom stereocenters. The average Bonchev–Trinajstić information content (AvgIpc) is 2.92. The quantitative estimate of drug-likeness (QED) is 0.669. The van der Waals surface area contributed by atoms with E-state index in [2.05, 4.69) is 13.8 Å². The molecule has 5 heteroatoms. The summed E-state index contributed by atoms with van der Waals surface area (Å²) in [7, 11) is 0. The summed E-state index contributed by atoms with van der Waals surface area (Å²) in [6.45, 7) is 7.47. The van der Waals surface area contributed by atoms with Gasteiger partial charge in [0.2, 0.25) is 0 Å². The second-order valence-electron chi connectivity index (χ2n) is 9.93. The number of ether oxygens (including phenoxy) is 2. The normalized spacial score (nSPS) is 44.6. The van der Waals surface area contributed by atoms with Gasteiger partial charge in [0.15, 0.2) is 11.9 Å². The van der Waals surface area contributed by atoms with Crippen LogP contribution in [0.25, 0.3) is 0 Å². The molecule has 0 aliphatic heterocycles. The summed E-state index contributed by atoms with van der Waals surface area (Å²) in [6.07, 6.45) is 8.00. The van der Waals surface area contributed by atoms with E-state index in [0.717, 1.165) is 38.5 Å². The molecule has 0 heterocycles. The Bertz CT molecular complexity index is 739. The van der Waals surface area contributed by atoms with E-state index in [1.165, 1.54) is 19.4 Å². The van der Waals surface area contributed by atoms with E-state index in [9.17, 15) is 14.4 Å². The van der Waals surface area contributed by atoms with Crippen LogP contribution in [0.5, 0.6) is 0 Å². The molecule has 5 nitrogen and oxygen atoms in total. The summed E-state index contributed by atoms with van der Waals surface area (Å²) >= 11 is 0. The maximum absolute atomic E-state index is 12.5. The summed E-state index contributed by atoms with van der Waals surface area (Å²) in [6, 6.07) is 0. The molecule has 0 amide bonds. The van der Waals surface area contributed by atoms with E-state index in [0.29, 0.717) is 24.2 Å². The molecule has 0 radical (unpaired) electrons. The minimum absolute atomic E-state index is 0.0300. The molecule has 0 aromatic rings.